The largest absolute Gasteiger partial charge is 0.573 e. The van der Waals surface area contributed by atoms with E-state index in [2.05, 4.69) is 4.74 Å². The van der Waals surface area contributed by atoms with Gasteiger partial charge in [0.2, 0.25) is 15.9 Å². The Balaban J connectivity index is 2.04. The number of primary sulfonamides is 1. The molecule has 29 heavy (non-hydrogen) atoms. The average Bonchev–Trinajstić information content (AvgIpc) is 2.64. The second-order valence-corrected chi connectivity index (χ2v) is 7.75. The van der Waals surface area contributed by atoms with Crippen LogP contribution >= 0.6 is 0 Å². The quantitative estimate of drug-likeness (QED) is 0.714. The van der Waals surface area contributed by atoms with Gasteiger partial charge in [-0.1, -0.05) is 24.3 Å². The van der Waals surface area contributed by atoms with Gasteiger partial charge in [0.1, 0.15) is 5.75 Å². The second-order valence-electron chi connectivity index (χ2n) is 6.19. The van der Waals surface area contributed by atoms with E-state index in [4.69, 9.17) is 5.14 Å². The number of carbonyl (C=O) groups is 1. The third kappa shape index (κ3) is 6.61. The fourth-order valence-electron chi connectivity index (χ4n) is 2.42. The summed E-state index contributed by atoms with van der Waals surface area (Å²) in [6.07, 6.45) is -2.01. The topological polar surface area (TPSA) is 89.7 Å². The van der Waals surface area contributed by atoms with E-state index in [0.717, 1.165) is 12.1 Å². The Morgan fingerprint density at radius 2 is 1.66 bits per heavy atom. The number of benzene rings is 2. The predicted octanol–water partition coefficient (Wildman–Crippen LogP) is 3.47. The maximum absolute atomic E-state index is 12.4. The highest BCUT2D eigenvalue weighted by Gasteiger charge is 2.30. The van der Waals surface area contributed by atoms with Crippen LogP contribution < -0.4 is 9.88 Å². The van der Waals surface area contributed by atoms with Crippen LogP contribution in [0.1, 0.15) is 24.1 Å². The molecule has 6 nitrogen and oxygen atoms in total. The summed E-state index contributed by atoms with van der Waals surface area (Å²) < 4.78 is 62.9. The number of hydrogen-bond acceptors (Lipinski definition) is 4. The minimum atomic E-state index is -4.77. The van der Waals surface area contributed by atoms with E-state index in [0.29, 0.717) is 11.1 Å². The molecule has 0 aliphatic heterocycles. The van der Waals surface area contributed by atoms with Gasteiger partial charge in [0, 0.05) is 13.1 Å². The van der Waals surface area contributed by atoms with Crippen molar-refractivity contribution in [2.24, 2.45) is 5.14 Å². The molecular weight excluding hydrogens is 409 g/mol. The van der Waals surface area contributed by atoms with Crippen molar-refractivity contribution in [3.05, 3.63) is 65.7 Å². The number of hydrogen-bond donors (Lipinski definition) is 1. The minimum absolute atomic E-state index is 0.0275. The molecule has 1 atom stereocenters. The second kappa shape index (κ2) is 8.66. The van der Waals surface area contributed by atoms with Crippen LogP contribution in [-0.2, 0) is 14.8 Å². The number of nitrogens with two attached hydrogens (primary N) is 1. The summed E-state index contributed by atoms with van der Waals surface area (Å²) in [5.41, 5.74) is 1.22. The molecule has 2 N–H and O–H groups in total. The lowest BCUT2D eigenvalue weighted by molar-refractivity contribution is -0.274. The summed E-state index contributed by atoms with van der Waals surface area (Å²) >= 11 is 0. The zero-order valence-electron chi connectivity index (χ0n) is 15.6. The summed E-state index contributed by atoms with van der Waals surface area (Å²) in [6, 6.07) is 10.6. The smallest absolute Gasteiger partial charge is 0.406 e. The molecule has 0 saturated heterocycles. The van der Waals surface area contributed by atoms with E-state index in [-0.39, 0.29) is 22.6 Å². The average molecular weight is 428 g/mol. The lowest BCUT2D eigenvalue weighted by Crippen LogP contribution is -2.28. The van der Waals surface area contributed by atoms with Crippen LogP contribution in [-0.4, -0.2) is 32.6 Å². The Morgan fingerprint density at radius 3 is 2.14 bits per heavy atom. The molecule has 0 radical (unpaired) electrons. The SMILES string of the molecule is C[C@H](c1ccc(S(N)(=O)=O)cc1)N(C)C(=O)/C=C/c1ccc(OC(F)(F)F)cc1. The van der Waals surface area contributed by atoms with Crippen LogP contribution in [0, 0.1) is 0 Å². The van der Waals surface area contributed by atoms with E-state index in [1.165, 1.54) is 41.3 Å². The summed E-state index contributed by atoms with van der Waals surface area (Å²) in [5, 5.41) is 5.06. The monoisotopic (exact) mass is 428 g/mol. The number of alkyl halides is 3. The van der Waals surface area contributed by atoms with Gasteiger partial charge in [-0.25, -0.2) is 13.6 Å². The molecule has 0 heterocycles. The highest BCUT2D eigenvalue weighted by molar-refractivity contribution is 7.89. The van der Waals surface area contributed by atoms with Crippen LogP contribution in [0.3, 0.4) is 0 Å². The maximum Gasteiger partial charge on any atom is 0.573 e. The molecule has 0 spiro atoms. The van der Waals surface area contributed by atoms with Gasteiger partial charge in [-0.2, -0.15) is 0 Å². The molecule has 1 amide bonds. The van der Waals surface area contributed by atoms with Crippen molar-refractivity contribution in [2.75, 3.05) is 7.05 Å². The molecule has 10 heteroatoms. The number of carbonyl (C=O) groups excluding carboxylic acids is 1. The van der Waals surface area contributed by atoms with Gasteiger partial charge in [-0.3, -0.25) is 4.79 Å². The standard InChI is InChI=1S/C19H19F3N2O4S/c1-13(15-6-10-17(11-7-15)29(23,26)27)24(2)18(25)12-5-14-3-8-16(9-4-14)28-19(20,21)22/h3-13H,1-2H3,(H2,23,26,27)/b12-5+/t13-/m1/s1. The third-order valence-electron chi connectivity index (χ3n) is 4.15. The number of amides is 1. The molecule has 0 saturated carbocycles. The molecule has 0 unspecified atom stereocenters. The van der Waals surface area contributed by atoms with E-state index >= 15 is 0 Å². The zero-order chi connectivity index (χ0) is 21.8. The Bertz CT molecular complexity index is 986. The molecule has 2 aromatic carbocycles. The Labute approximate surface area is 166 Å². The van der Waals surface area contributed by atoms with Crippen LogP contribution in [0.5, 0.6) is 5.75 Å². The summed E-state index contributed by atoms with van der Waals surface area (Å²) in [4.78, 5) is 13.8. The normalized spacial score (nSPS) is 13.3. The Morgan fingerprint density at radius 1 is 1.10 bits per heavy atom. The molecule has 0 aliphatic carbocycles. The molecule has 0 fully saturated rings. The molecular formula is C19H19F3N2O4S. The molecule has 0 bridgehead atoms. The zero-order valence-corrected chi connectivity index (χ0v) is 16.4. The van der Waals surface area contributed by atoms with Gasteiger partial charge in [0.25, 0.3) is 0 Å². The lowest BCUT2D eigenvalue weighted by Gasteiger charge is -2.24. The number of nitrogens with zero attached hydrogens (tertiary/aromatic N) is 1. The number of sulfonamides is 1. The first-order valence-corrected chi connectivity index (χ1v) is 9.85. The predicted molar refractivity (Wildman–Crippen MR) is 101 cm³/mol. The Hall–Kier alpha value is -2.85. The highest BCUT2D eigenvalue weighted by Crippen LogP contribution is 2.23. The Kier molecular flexibility index (Phi) is 6.70. The highest BCUT2D eigenvalue weighted by atomic mass is 32.2. The van der Waals surface area contributed by atoms with Crippen LogP contribution in [0.2, 0.25) is 0 Å². The lowest BCUT2D eigenvalue weighted by atomic mass is 10.1. The van der Waals surface area contributed by atoms with E-state index in [9.17, 15) is 26.4 Å². The first kappa shape index (κ1) is 22.4. The molecule has 156 valence electrons. The van der Waals surface area contributed by atoms with Crippen molar-refractivity contribution < 1.29 is 31.1 Å². The fraction of sp³-hybridized carbons (Fsp3) is 0.211. The molecule has 0 aliphatic rings. The minimum Gasteiger partial charge on any atom is -0.406 e. The van der Waals surface area contributed by atoms with E-state index in [1.54, 1.807) is 26.1 Å². The van der Waals surface area contributed by atoms with Crippen molar-refractivity contribution in [1.82, 2.24) is 4.90 Å². The van der Waals surface area contributed by atoms with Gasteiger partial charge >= 0.3 is 6.36 Å². The fourth-order valence-corrected chi connectivity index (χ4v) is 2.93. The molecule has 2 aromatic rings. The van der Waals surface area contributed by atoms with Gasteiger partial charge < -0.3 is 9.64 Å². The number of likely N-dealkylation sites (N-methyl/N-ethyl adjacent to an activating group) is 1. The molecule has 0 aromatic heterocycles. The maximum atomic E-state index is 12.4. The van der Waals surface area contributed by atoms with Crippen LogP contribution in [0.15, 0.2) is 59.5 Å². The number of rotatable bonds is 6. The van der Waals surface area contributed by atoms with Gasteiger partial charge in [-0.15, -0.1) is 13.2 Å². The van der Waals surface area contributed by atoms with E-state index in [1.807, 2.05) is 0 Å². The van der Waals surface area contributed by atoms with E-state index < -0.39 is 16.4 Å². The summed E-state index contributed by atoms with van der Waals surface area (Å²) in [5.74, 6) is -0.696. The van der Waals surface area contributed by atoms with Crippen molar-refractivity contribution in [1.29, 1.82) is 0 Å². The van der Waals surface area contributed by atoms with Gasteiger partial charge in [0.15, 0.2) is 0 Å². The van der Waals surface area contributed by atoms with Gasteiger partial charge in [-0.05, 0) is 48.4 Å². The van der Waals surface area contributed by atoms with Crippen molar-refractivity contribution in [2.45, 2.75) is 24.2 Å². The number of ether oxygens (including phenoxy) is 1. The number of halogens is 3. The van der Waals surface area contributed by atoms with Crippen LogP contribution in [0.25, 0.3) is 6.08 Å². The summed E-state index contributed by atoms with van der Waals surface area (Å²) in [7, 11) is -2.22. The van der Waals surface area contributed by atoms with Crippen molar-refractivity contribution in [3.63, 3.8) is 0 Å². The van der Waals surface area contributed by atoms with Gasteiger partial charge in [0.05, 0.1) is 10.9 Å². The summed E-state index contributed by atoms with van der Waals surface area (Å²) in [6.45, 7) is 1.76. The molecule has 2 rings (SSSR count). The first-order chi connectivity index (χ1) is 13.4. The third-order valence-corrected chi connectivity index (χ3v) is 5.08. The first-order valence-electron chi connectivity index (χ1n) is 8.30. The van der Waals surface area contributed by atoms with Crippen LogP contribution in [0.4, 0.5) is 13.2 Å². The van der Waals surface area contributed by atoms with Crippen molar-refractivity contribution in [3.8, 4) is 5.75 Å². The van der Waals surface area contributed by atoms with Crippen molar-refractivity contribution >= 4 is 22.0 Å².